The molecule has 0 spiro atoms. The molecule has 5 atom stereocenters. The van der Waals surface area contributed by atoms with Crippen LogP contribution in [0.4, 0.5) is 0 Å². The summed E-state index contributed by atoms with van der Waals surface area (Å²) in [4.78, 5) is 0. The van der Waals surface area contributed by atoms with Crippen LogP contribution in [0, 0.1) is 11.8 Å². The Hall–Kier alpha value is -0.940. The minimum atomic E-state index is -0.658. The molecule has 4 unspecified atom stereocenters. The molecule has 1 heterocycles. The number of hydrogen-bond donors (Lipinski definition) is 0. The summed E-state index contributed by atoms with van der Waals surface area (Å²) < 4.78 is 23.9. The average Bonchev–Trinajstić information content (AvgIpc) is 2.89. The summed E-state index contributed by atoms with van der Waals surface area (Å²) in [7, 11) is 1.66. The summed E-state index contributed by atoms with van der Waals surface area (Å²) in [5.41, 5.74) is 1.16. The molecule has 4 nitrogen and oxygen atoms in total. The van der Waals surface area contributed by atoms with Crippen molar-refractivity contribution in [1.29, 1.82) is 0 Å². The molecular weight excluding hydrogens is 304 g/mol. The number of ether oxygens (including phenoxy) is 4. The molecule has 136 valence electrons. The SMILES string of the molecule is CCC(C)C(C)C(OCc1ccccc1)C1OC(C)(C)O[C@H]1OC. The Morgan fingerprint density at radius 1 is 1.12 bits per heavy atom. The summed E-state index contributed by atoms with van der Waals surface area (Å²) in [5.74, 6) is 0.198. The first-order valence-electron chi connectivity index (χ1n) is 8.92. The van der Waals surface area contributed by atoms with Gasteiger partial charge < -0.3 is 18.9 Å². The molecule has 24 heavy (non-hydrogen) atoms. The van der Waals surface area contributed by atoms with Gasteiger partial charge in [-0.3, -0.25) is 0 Å². The maximum absolute atomic E-state index is 6.34. The normalized spacial score (nSPS) is 26.9. The zero-order valence-electron chi connectivity index (χ0n) is 15.8. The maximum Gasteiger partial charge on any atom is 0.189 e. The Morgan fingerprint density at radius 3 is 2.38 bits per heavy atom. The predicted octanol–water partition coefficient (Wildman–Crippen LogP) is 4.38. The van der Waals surface area contributed by atoms with Crippen molar-refractivity contribution in [3.05, 3.63) is 35.9 Å². The van der Waals surface area contributed by atoms with E-state index < -0.39 is 12.1 Å². The Bertz CT molecular complexity index is 488. The van der Waals surface area contributed by atoms with Crippen LogP contribution < -0.4 is 0 Å². The van der Waals surface area contributed by atoms with Crippen molar-refractivity contribution in [2.45, 2.75) is 71.9 Å². The van der Waals surface area contributed by atoms with Crippen LogP contribution in [-0.2, 0) is 25.6 Å². The van der Waals surface area contributed by atoms with Crippen molar-refractivity contribution in [2.24, 2.45) is 11.8 Å². The topological polar surface area (TPSA) is 36.9 Å². The van der Waals surface area contributed by atoms with Gasteiger partial charge in [-0.15, -0.1) is 0 Å². The number of rotatable bonds is 8. The quantitative estimate of drug-likeness (QED) is 0.706. The molecule has 0 saturated carbocycles. The summed E-state index contributed by atoms with van der Waals surface area (Å²) in [6.45, 7) is 11.1. The lowest BCUT2D eigenvalue weighted by Crippen LogP contribution is -2.44. The fourth-order valence-corrected chi connectivity index (χ4v) is 3.17. The van der Waals surface area contributed by atoms with Crippen molar-refractivity contribution in [3.63, 3.8) is 0 Å². The van der Waals surface area contributed by atoms with Gasteiger partial charge in [0.25, 0.3) is 0 Å². The van der Waals surface area contributed by atoms with E-state index in [-0.39, 0.29) is 12.2 Å². The van der Waals surface area contributed by atoms with Crippen molar-refractivity contribution >= 4 is 0 Å². The van der Waals surface area contributed by atoms with Gasteiger partial charge in [-0.2, -0.15) is 0 Å². The average molecular weight is 336 g/mol. The van der Waals surface area contributed by atoms with Gasteiger partial charge in [0.1, 0.15) is 6.10 Å². The lowest BCUT2D eigenvalue weighted by atomic mass is 9.86. The summed E-state index contributed by atoms with van der Waals surface area (Å²) >= 11 is 0. The fraction of sp³-hybridized carbons (Fsp3) is 0.700. The molecule has 1 aliphatic rings. The van der Waals surface area contributed by atoms with Gasteiger partial charge >= 0.3 is 0 Å². The van der Waals surface area contributed by atoms with Crippen LogP contribution in [-0.4, -0.2) is 31.4 Å². The Balaban J connectivity index is 2.16. The minimum Gasteiger partial charge on any atom is -0.370 e. The Labute approximate surface area is 146 Å². The summed E-state index contributed by atoms with van der Waals surface area (Å²) in [6.07, 6.45) is 0.359. The van der Waals surface area contributed by atoms with Gasteiger partial charge in [0.2, 0.25) is 0 Å². The Morgan fingerprint density at radius 2 is 1.79 bits per heavy atom. The van der Waals surface area contributed by atoms with E-state index in [1.165, 1.54) is 0 Å². The van der Waals surface area contributed by atoms with Gasteiger partial charge in [0, 0.05) is 7.11 Å². The third kappa shape index (κ3) is 4.79. The van der Waals surface area contributed by atoms with E-state index in [0.29, 0.717) is 18.4 Å². The van der Waals surface area contributed by atoms with Crippen LogP contribution in [0.25, 0.3) is 0 Å². The molecule has 1 aromatic carbocycles. The third-order valence-electron chi connectivity index (χ3n) is 4.99. The highest BCUT2D eigenvalue weighted by Gasteiger charge is 2.48. The lowest BCUT2D eigenvalue weighted by Gasteiger charge is -2.33. The molecule has 0 aromatic heterocycles. The molecule has 0 N–H and O–H groups in total. The highest BCUT2D eigenvalue weighted by atomic mass is 16.8. The molecular formula is C20H32O4. The molecule has 1 saturated heterocycles. The van der Waals surface area contributed by atoms with E-state index in [0.717, 1.165) is 12.0 Å². The largest absolute Gasteiger partial charge is 0.370 e. The van der Waals surface area contributed by atoms with E-state index in [1.807, 2.05) is 32.0 Å². The fourth-order valence-electron chi connectivity index (χ4n) is 3.17. The first-order chi connectivity index (χ1) is 11.4. The first kappa shape index (κ1) is 19.4. The van der Waals surface area contributed by atoms with E-state index in [2.05, 4.69) is 32.9 Å². The van der Waals surface area contributed by atoms with Gasteiger partial charge in [-0.25, -0.2) is 0 Å². The van der Waals surface area contributed by atoms with E-state index in [4.69, 9.17) is 18.9 Å². The zero-order valence-corrected chi connectivity index (χ0v) is 15.8. The van der Waals surface area contributed by atoms with Crippen molar-refractivity contribution in [1.82, 2.24) is 0 Å². The number of hydrogen-bond acceptors (Lipinski definition) is 4. The lowest BCUT2D eigenvalue weighted by molar-refractivity contribution is -0.183. The second-order valence-corrected chi connectivity index (χ2v) is 7.21. The van der Waals surface area contributed by atoms with Gasteiger partial charge in [-0.1, -0.05) is 57.5 Å². The maximum atomic E-state index is 6.34. The van der Waals surface area contributed by atoms with Crippen LogP contribution in [0.5, 0.6) is 0 Å². The second-order valence-electron chi connectivity index (χ2n) is 7.21. The van der Waals surface area contributed by atoms with Gasteiger partial charge in [0.15, 0.2) is 12.1 Å². The highest BCUT2D eigenvalue weighted by molar-refractivity contribution is 5.13. The molecule has 1 aliphatic heterocycles. The monoisotopic (exact) mass is 336 g/mol. The molecule has 2 rings (SSSR count). The minimum absolute atomic E-state index is 0.0909. The standard InChI is InChI=1S/C20H32O4/c1-7-14(2)15(3)17(22-13-16-11-9-8-10-12-16)18-19(21-6)24-20(4,5)23-18/h8-12,14-15,17-19H,7,13H2,1-6H3/t14?,15?,17?,18?,19-/m1/s1. The van der Waals surface area contributed by atoms with Crippen LogP contribution in [0.15, 0.2) is 30.3 Å². The molecule has 0 bridgehead atoms. The third-order valence-corrected chi connectivity index (χ3v) is 4.99. The first-order valence-corrected chi connectivity index (χ1v) is 8.92. The van der Waals surface area contributed by atoms with Crippen molar-refractivity contribution in [3.8, 4) is 0 Å². The van der Waals surface area contributed by atoms with Crippen LogP contribution >= 0.6 is 0 Å². The molecule has 4 heteroatoms. The smallest absolute Gasteiger partial charge is 0.189 e. The molecule has 0 aliphatic carbocycles. The van der Waals surface area contributed by atoms with Gasteiger partial charge in [0.05, 0.1) is 12.7 Å². The van der Waals surface area contributed by atoms with Crippen LogP contribution in [0.1, 0.15) is 46.6 Å². The second kappa shape index (κ2) is 8.43. The van der Waals surface area contributed by atoms with E-state index in [9.17, 15) is 0 Å². The number of methoxy groups -OCH3 is 1. The van der Waals surface area contributed by atoms with Gasteiger partial charge in [-0.05, 0) is 31.2 Å². The highest BCUT2D eigenvalue weighted by Crippen LogP contribution is 2.36. The van der Waals surface area contributed by atoms with Crippen molar-refractivity contribution < 1.29 is 18.9 Å². The van der Waals surface area contributed by atoms with Crippen LogP contribution in [0.3, 0.4) is 0 Å². The van der Waals surface area contributed by atoms with E-state index in [1.54, 1.807) is 7.11 Å². The molecule has 0 radical (unpaired) electrons. The summed E-state index contributed by atoms with van der Waals surface area (Å²) in [6, 6.07) is 10.2. The van der Waals surface area contributed by atoms with Crippen molar-refractivity contribution in [2.75, 3.05) is 7.11 Å². The predicted molar refractivity (Wildman–Crippen MR) is 94.5 cm³/mol. The van der Waals surface area contributed by atoms with E-state index >= 15 is 0 Å². The zero-order chi connectivity index (χ0) is 17.7. The molecule has 1 aromatic rings. The van der Waals surface area contributed by atoms with Crippen LogP contribution in [0.2, 0.25) is 0 Å². The molecule has 0 amide bonds. The summed E-state index contributed by atoms with van der Waals surface area (Å²) in [5, 5.41) is 0. The molecule has 1 fully saturated rings. The number of benzene rings is 1. The Kier molecular flexibility index (Phi) is 6.81.